The van der Waals surface area contributed by atoms with Crippen molar-refractivity contribution in [2.24, 2.45) is 5.92 Å². The molecule has 0 atom stereocenters. The number of aromatic nitrogens is 4. The third-order valence-corrected chi connectivity index (χ3v) is 3.81. The van der Waals surface area contributed by atoms with Crippen LogP contribution in [0.25, 0.3) is 11.5 Å². The standard InChI is InChI=1S/C11H12Cl2N4O2S/c1-7(2)6-17-10(9-4-3-8(12)5-14-9)15-16-11(17)20(13,18)19/h3-5,7H,6H2,1-2H3. The van der Waals surface area contributed by atoms with E-state index in [1.54, 1.807) is 12.1 Å². The molecule has 2 rings (SSSR count). The van der Waals surface area contributed by atoms with E-state index >= 15 is 0 Å². The maximum atomic E-state index is 11.5. The van der Waals surface area contributed by atoms with Gasteiger partial charge in [0.15, 0.2) is 5.82 Å². The fourth-order valence-corrected chi connectivity index (χ4v) is 2.71. The van der Waals surface area contributed by atoms with Crippen molar-refractivity contribution in [3.63, 3.8) is 0 Å². The first-order chi connectivity index (χ1) is 9.29. The molecule has 0 unspecified atom stereocenters. The summed E-state index contributed by atoms with van der Waals surface area (Å²) in [4.78, 5) is 4.12. The van der Waals surface area contributed by atoms with Crippen LogP contribution < -0.4 is 0 Å². The Balaban J connectivity index is 2.59. The van der Waals surface area contributed by atoms with Gasteiger partial charge < -0.3 is 0 Å². The van der Waals surface area contributed by atoms with Gasteiger partial charge in [-0.15, -0.1) is 10.2 Å². The lowest BCUT2D eigenvalue weighted by atomic mass is 10.2. The summed E-state index contributed by atoms with van der Waals surface area (Å²) in [7, 11) is 1.41. The van der Waals surface area contributed by atoms with E-state index in [-0.39, 0.29) is 11.1 Å². The van der Waals surface area contributed by atoms with Gasteiger partial charge >= 0.3 is 0 Å². The van der Waals surface area contributed by atoms with Gasteiger partial charge in [-0.3, -0.25) is 9.55 Å². The summed E-state index contributed by atoms with van der Waals surface area (Å²) in [5.41, 5.74) is 0.481. The fourth-order valence-electron chi connectivity index (χ4n) is 1.70. The topological polar surface area (TPSA) is 77.7 Å². The highest BCUT2D eigenvalue weighted by Crippen LogP contribution is 2.23. The van der Waals surface area contributed by atoms with Crippen molar-refractivity contribution in [2.75, 3.05) is 0 Å². The summed E-state index contributed by atoms with van der Waals surface area (Å²) in [5.74, 6) is 0.531. The second-order valence-electron chi connectivity index (χ2n) is 4.61. The molecule has 0 spiro atoms. The quantitative estimate of drug-likeness (QED) is 0.803. The smallest absolute Gasteiger partial charge is 0.295 e. The van der Waals surface area contributed by atoms with Gasteiger partial charge in [0.05, 0.1) is 5.02 Å². The lowest BCUT2D eigenvalue weighted by Gasteiger charge is -2.10. The molecule has 20 heavy (non-hydrogen) atoms. The van der Waals surface area contributed by atoms with E-state index in [4.69, 9.17) is 22.3 Å². The number of pyridine rings is 1. The molecule has 0 bridgehead atoms. The van der Waals surface area contributed by atoms with Gasteiger partial charge in [-0.05, 0) is 18.1 Å². The van der Waals surface area contributed by atoms with Crippen LogP contribution >= 0.6 is 22.3 Å². The Morgan fingerprint density at radius 1 is 1.30 bits per heavy atom. The number of halogens is 2. The normalized spacial score (nSPS) is 12.1. The van der Waals surface area contributed by atoms with Crippen LogP contribution in [0.5, 0.6) is 0 Å². The number of nitrogens with zero attached hydrogens (tertiary/aromatic N) is 4. The Labute approximate surface area is 126 Å². The van der Waals surface area contributed by atoms with E-state index in [1.807, 2.05) is 13.8 Å². The molecular weight excluding hydrogens is 323 g/mol. The van der Waals surface area contributed by atoms with E-state index in [0.717, 1.165) is 0 Å². The van der Waals surface area contributed by atoms with Crippen LogP contribution in [0.4, 0.5) is 0 Å². The minimum Gasteiger partial charge on any atom is -0.295 e. The van der Waals surface area contributed by atoms with Crippen LogP contribution in [-0.2, 0) is 15.6 Å². The highest BCUT2D eigenvalue weighted by Gasteiger charge is 2.24. The molecule has 0 N–H and O–H groups in total. The average molecular weight is 335 g/mol. The molecule has 0 amide bonds. The van der Waals surface area contributed by atoms with Gasteiger partial charge in [0.25, 0.3) is 14.2 Å². The molecule has 0 saturated heterocycles. The summed E-state index contributed by atoms with van der Waals surface area (Å²) in [5, 5.41) is 7.74. The molecule has 0 fully saturated rings. The summed E-state index contributed by atoms with van der Waals surface area (Å²) < 4.78 is 24.5. The molecule has 0 aliphatic heterocycles. The maximum Gasteiger partial charge on any atom is 0.296 e. The predicted molar refractivity (Wildman–Crippen MR) is 76.1 cm³/mol. The summed E-state index contributed by atoms with van der Waals surface area (Å²) in [6.07, 6.45) is 1.46. The van der Waals surface area contributed by atoms with Crippen LogP contribution in [0.2, 0.25) is 5.02 Å². The average Bonchev–Trinajstić information content (AvgIpc) is 2.72. The van der Waals surface area contributed by atoms with Crippen LogP contribution in [0.3, 0.4) is 0 Å². The SMILES string of the molecule is CC(C)Cn1c(-c2ccc(Cl)cn2)nnc1S(=O)(=O)Cl. The predicted octanol–water partition coefficient (Wildman–Crippen LogP) is 2.58. The Kier molecular flexibility index (Phi) is 4.31. The monoisotopic (exact) mass is 334 g/mol. The van der Waals surface area contributed by atoms with Crippen LogP contribution in [0, 0.1) is 5.92 Å². The molecule has 2 aromatic rings. The van der Waals surface area contributed by atoms with Gasteiger partial charge in [-0.2, -0.15) is 0 Å². The van der Waals surface area contributed by atoms with Gasteiger partial charge in [0.2, 0.25) is 0 Å². The molecule has 2 aromatic heterocycles. The Bertz CT molecular complexity index is 711. The van der Waals surface area contributed by atoms with Crippen molar-refractivity contribution in [1.82, 2.24) is 19.7 Å². The lowest BCUT2D eigenvalue weighted by molar-refractivity contribution is 0.488. The zero-order chi connectivity index (χ0) is 14.9. The molecule has 0 aliphatic rings. The van der Waals surface area contributed by atoms with E-state index in [0.29, 0.717) is 23.1 Å². The molecule has 108 valence electrons. The molecular formula is C11H12Cl2N4O2S. The highest BCUT2D eigenvalue weighted by molar-refractivity contribution is 8.13. The maximum absolute atomic E-state index is 11.5. The van der Waals surface area contributed by atoms with Gasteiger partial charge in [0.1, 0.15) is 5.69 Å². The van der Waals surface area contributed by atoms with Crippen molar-refractivity contribution in [3.8, 4) is 11.5 Å². The Morgan fingerprint density at radius 3 is 2.50 bits per heavy atom. The molecule has 2 heterocycles. The van der Waals surface area contributed by atoms with Crippen LogP contribution in [-0.4, -0.2) is 28.2 Å². The number of rotatable bonds is 4. The van der Waals surface area contributed by atoms with Crippen molar-refractivity contribution in [1.29, 1.82) is 0 Å². The fraction of sp³-hybridized carbons (Fsp3) is 0.364. The first kappa shape index (κ1) is 15.2. The molecule has 0 saturated carbocycles. The highest BCUT2D eigenvalue weighted by atomic mass is 35.7. The summed E-state index contributed by atoms with van der Waals surface area (Å²) in [6, 6.07) is 3.29. The zero-order valence-corrected chi connectivity index (χ0v) is 13.1. The second-order valence-corrected chi connectivity index (χ2v) is 7.51. The summed E-state index contributed by atoms with van der Waals surface area (Å²) in [6.45, 7) is 4.31. The number of hydrogen-bond acceptors (Lipinski definition) is 5. The zero-order valence-electron chi connectivity index (χ0n) is 10.8. The Morgan fingerprint density at radius 2 is 2.00 bits per heavy atom. The molecule has 6 nitrogen and oxygen atoms in total. The minimum absolute atomic E-state index is 0.189. The van der Waals surface area contributed by atoms with E-state index in [9.17, 15) is 8.42 Å². The van der Waals surface area contributed by atoms with Gasteiger partial charge in [-0.1, -0.05) is 25.4 Å². The molecule has 0 radical (unpaired) electrons. The third kappa shape index (κ3) is 3.28. The minimum atomic E-state index is -3.97. The van der Waals surface area contributed by atoms with Crippen LogP contribution in [0.15, 0.2) is 23.5 Å². The van der Waals surface area contributed by atoms with Crippen molar-refractivity contribution in [2.45, 2.75) is 25.5 Å². The van der Waals surface area contributed by atoms with Crippen LogP contribution in [0.1, 0.15) is 13.8 Å². The van der Waals surface area contributed by atoms with Crippen molar-refractivity contribution < 1.29 is 8.42 Å². The lowest BCUT2D eigenvalue weighted by Crippen LogP contribution is -2.12. The number of hydrogen-bond donors (Lipinski definition) is 0. The van der Waals surface area contributed by atoms with E-state index in [2.05, 4.69) is 15.2 Å². The first-order valence-electron chi connectivity index (χ1n) is 5.79. The third-order valence-electron chi connectivity index (χ3n) is 2.44. The summed E-state index contributed by atoms with van der Waals surface area (Å²) >= 11 is 5.78. The molecule has 9 heteroatoms. The van der Waals surface area contributed by atoms with Crippen molar-refractivity contribution >= 4 is 31.3 Å². The van der Waals surface area contributed by atoms with Gasteiger partial charge in [-0.25, -0.2) is 8.42 Å². The molecule has 0 aliphatic carbocycles. The van der Waals surface area contributed by atoms with Gasteiger partial charge in [0, 0.05) is 23.4 Å². The first-order valence-corrected chi connectivity index (χ1v) is 8.47. The Hall–Kier alpha value is -1.18. The largest absolute Gasteiger partial charge is 0.296 e. The van der Waals surface area contributed by atoms with E-state index < -0.39 is 9.05 Å². The van der Waals surface area contributed by atoms with Crippen molar-refractivity contribution in [3.05, 3.63) is 23.4 Å². The van der Waals surface area contributed by atoms with E-state index in [1.165, 1.54) is 10.8 Å². The second kappa shape index (κ2) is 5.67. The molecule has 0 aromatic carbocycles.